The third kappa shape index (κ3) is 2.45. The fourth-order valence-electron chi connectivity index (χ4n) is 3.76. The van der Waals surface area contributed by atoms with Crippen molar-refractivity contribution in [1.29, 1.82) is 0 Å². The first kappa shape index (κ1) is 15.9. The Kier molecular flexibility index (Phi) is 3.67. The van der Waals surface area contributed by atoms with E-state index >= 15 is 0 Å². The molecule has 7 heteroatoms. The van der Waals surface area contributed by atoms with E-state index in [1.54, 1.807) is 13.8 Å². The van der Waals surface area contributed by atoms with E-state index in [2.05, 4.69) is 15.1 Å². The molecule has 0 aliphatic heterocycles. The van der Waals surface area contributed by atoms with Crippen LogP contribution in [0, 0.1) is 25.5 Å². The molecule has 1 fully saturated rings. The van der Waals surface area contributed by atoms with Crippen LogP contribution in [-0.2, 0) is 5.41 Å². The van der Waals surface area contributed by atoms with Crippen molar-refractivity contribution in [3.05, 3.63) is 52.8 Å². The van der Waals surface area contributed by atoms with Gasteiger partial charge < -0.3 is 8.94 Å². The van der Waals surface area contributed by atoms with Crippen molar-refractivity contribution in [2.24, 2.45) is 0 Å². The number of oxazole rings is 1. The van der Waals surface area contributed by atoms with E-state index < -0.39 is 17.0 Å². The molecule has 0 amide bonds. The van der Waals surface area contributed by atoms with Gasteiger partial charge in [-0.2, -0.15) is 4.98 Å². The Balaban J connectivity index is 1.85. The molecule has 5 nitrogen and oxygen atoms in total. The quantitative estimate of drug-likeness (QED) is 0.700. The van der Waals surface area contributed by atoms with E-state index in [-0.39, 0.29) is 17.3 Å². The number of benzene rings is 1. The molecular weight excluding hydrogens is 328 g/mol. The van der Waals surface area contributed by atoms with Gasteiger partial charge >= 0.3 is 0 Å². The Bertz CT molecular complexity index is 906. The second-order valence-corrected chi connectivity index (χ2v) is 6.46. The van der Waals surface area contributed by atoms with Gasteiger partial charge in [-0.15, -0.1) is 0 Å². The average molecular weight is 345 g/mol. The van der Waals surface area contributed by atoms with Gasteiger partial charge in [-0.3, -0.25) is 0 Å². The van der Waals surface area contributed by atoms with Crippen LogP contribution < -0.4 is 0 Å². The highest BCUT2D eigenvalue weighted by Crippen LogP contribution is 2.47. The van der Waals surface area contributed by atoms with Crippen LogP contribution in [0.1, 0.15) is 48.7 Å². The Morgan fingerprint density at radius 2 is 1.72 bits per heavy atom. The molecule has 0 N–H and O–H groups in total. The van der Waals surface area contributed by atoms with Crippen LogP contribution in [0.25, 0.3) is 11.7 Å². The maximum absolute atomic E-state index is 14.5. The topological polar surface area (TPSA) is 65.0 Å². The van der Waals surface area contributed by atoms with Crippen molar-refractivity contribution in [3.8, 4) is 11.7 Å². The molecule has 4 rings (SSSR count). The van der Waals surface area contributed by atoms with Crippen LogP contribution in [0.3, 0.4) is 0 Å². The van der Waals surface area contributed by atoms with Gasteiger partial charge in [0.25, 0.3) is 5.89 Å². The van der Waals surface area contributed by atoms with Gasteiger partial charge in [-0.1, -0.05) is 24.1 Å². The predicted molar refractivity (Wildman–Crippen MR) is 84.9 cm³/mol. The van der Waals surface area contributed by atoms with Crippen LogP contribution in [0.2, 0.25) is 0 Å². The minimum absolute atomic E-state index is 0.0188. The van der Waals surface area contributed by atoms with E-state index in [1.165, 1.54) is 18.2 Å². The summed E-state index contributed by atoms with van der Waals surface area (Å²) >= 11 is 0. The zero-order valence-corrected chi connectivity index (χ0v) is 14.0. The first-order chi connectivity index (χ1) is 12.0. The molecule has 0 unspecified atom stereocenters. The predicted octanol–water partition coefficient (Wildman–Crippen LogP) is 4.48. The summed E-state index contributed by atoms with van der Waals surface area (Å²) in [7, 11) is 0. The van der Waals surface area contributed by atoms with Gasteiger partial charge in [-0.25, -0.2) is 13.8 Å². The largest absolute Gasteiger partial charge is 0.436 e. The molecule has 0 spiro atoms. The Morgan fingerprint density at radius 3 is 2.32 bits per heavy atom. The Labute approximate surface area is 143 Å². The van der Waals surface area contributed by atoms with Crippen molar-refractivity contribution in [1.82, 2.24) is 15.1 Å². The number of nitrogens with zero attached hydrogens (tertiary/aromatic N) is 3. The SMILES string of the molecule is Cc1nc(C)c(-c2nc(C3(c4c(F)cccc4F)CCCC3)no2)o1. The molecule has 2 heterocycles. The third-order valence-corrected chi connectivity index (χ3v) is 4.85. The summed E-state index contributed by atoms with van der Waals surface area (Å²) in [4.78, 5) is 8.61. The van der Waals surface area contributed by atoms with Crippen molar-refractivity contribution in [2.45, 2.75) is 44.9 Å². The smallest absolute Gasteiger partial charge is 0.295 e. The molecule has 1 saturated carbocycles. The fraction of sp³-hybridized carbons (Fsp3) is 0.389. The zero-order valence-electron chi connectivity index (χ0n) is 14.0. The molecule has 3 aromatic rings. The first-order valence-electron chi connectivity index (χ1n) is 8.24. The van der Waals surface area contributed by atoms with Gasteiger partial charge in [0, 0.05) is 12.5 Å². The first-order valence-corrected chi connectivity index (χ1v) is 8.24. The molecule has 0 radical (unpaired) electrons. The molecule has 25 heavy (non-hydrogen) atoms. The monoisotopic (exact) mass is 345 g/mol. The summed E-state index contributed by atoms with van der Waals surface area (Å²) in [6.07, 6.45) is 2.83. The van der Waals surface area contributed by atoms with E-state index in [9.17, 15) is 8.78 Å². The third-order valence-electron chi connectivity index (χ3n) is 4.85. The number of halogens is 2. The number of rotatable bonds is 3. The maximum Gasteiger partial charge on any atom is 0.295 e. The molecule has 2 aromatic heterocycles. The molecule has 1 aromatic carbocycles. The lowest BCUT2D eigenvalue weighted by Gasteiger charge is -2.26. The van der Waals surface area contributed by atoms with Gasteiger partial charge in [-0.05, 0) is 31.9 Å². The Hall–Kier alpha value is -2.57. The summed E-state index contributed by atoms with van der Waals surface area (Å²) in [5.41, 5.74) is -0.268. The highest BCUT2D eigenvalue weighted by Gasteiger charge is 2.45. The van der Waals surface area contributed by atoms with Crippen molar-refractivity contribution in [3.63, 3.8) is 0 Å². The number of hydrogen-bond donors (Lipinski definition) is 0. The second kappa shape index (κ2) is 5.75. The standard InChI is InChI=1S/C18H17F2N3O2/c1-10-15(24-11(2)21-10)16-22-17(23-25-16)18(8-3-4-9-18)14-12(19)6-5-7-13(14)20/h5-7H,3-4,8-9H2,1-2H3. The summed E-state index contributed by atoms with van der Waals surface area (Å²) in [5.74, 6) is 0.176. The van der Waals surface area contributed by atoms with Crippen LogP contribution in [0.15, 0.2) is 27.1 Å². The average Bonchev–Trinajstić information content (AvgIpc) is 3.27. The Morgan fingerprint density at radius 1 is 1.04 bits per heavy atom. The molecule has 0 saturated heterocycles. The summed E-state index contributed by atoms with van der Waals surface area (Å²) in [5, 5.41) is 4.05. The highest BCUT2D eigenvalue weighted by atomic mass is 19.1. The maximum atomic E-state index is 14.5. The number of aromatic nitrogens is 3. The molecule has 0 bridgehead atoms. The van der Waals surface area contributed by atoms with E-state index in [1.807, 2.05) is 0 Å². The minimum atomic E-state index is -0.917. The summed E-state index contributed by atoms with van der Waals surface area (Å²) in [6.45, 7) is 3.50. The van der Waals surface area contributed by atoms with Crippen LogP contribution in [0.4, 0.5) is 8.78 Å². The highest BCUT2D eigenvalue weighted by molar-refractivity contribution is 5.48. The number of aryl methyl sites for hydroxylation is 2. The van der Waals surface area contributed by atoms with E-state index in [0.717, 1.165) is 12.8 Å². The lowest BCUT2D eigenvalue weighted by atomic mass is 9.77. The van der Waals surface area contributed by atoms with Crippen LogP contribution in [-0.4, -0.2) is 15.1 Å². The number of hydrogen-bond acceptors (Lipinski definition) is 5. The van der Waals surface area contributed by atoms with Crippen molar-refractivity contribution in [2.75, 3.05) is 0 Å². The molecule has 1 aliphatic carbocycles. The summed E-state index contributed by atoms with van der Waals surface area (Å²) < 4.78 is 39.8. The molecule has 0 atom stereocenters. The van der Waals surface area contributed by atoms with E-state index in [0.29, 0.717) is 30.2 Å². The van der Waals surface area contributed by atoms with Gasteiger partial charge in [0.05, 0.1) is 11.1 Å². The lowest BCUT2D eigenvalue weighted by molar-refractivity contribution is 0.375. The summed E-state index contributed by atoms with van der Waals surface area (Å²) in [6, 6.07) is 3.89. The lowest BCUT2D eigenvalue weighted by Crippen LogP contribution is -2.28. The van der Waals surface area contributed by atoms with Gasteiger partial charge in [0.15, 0.2) is 11.7 Å². The van der Waals surface area contributed by atoms with Crippen molar-refractivity contribution >= 4 is 0 Å². The van der Waals surface area contributed by atoms with E-state index in [4.69, 9.17) is 8.94 Å². The zero-order chi connectivity index (χ0) is 17.6. The molecular formula is C18H17F2N3O2. The molecule has 1 aliphatic rings. The van der Waals surface area contributed by atoms with Crippen LogP contribution in [0.5, 0.6) is 0 Å². The van der Waals surface area contributed by atoms with Crippen molar-refractivity contribution < 1.29 is 17.7 Å². The molecule has 130 valence electrons. The normalized spacial score (nSPS) is 16.5. The fourth-order valence-corrected chi connectivity index (χ4v) is 3.76. The van der Waals surface area contributed by atoms with Gasteiger partial charge in [0.1, 0.15) is 11.6 Å². The second-order valence-electron chi connectivity index (χ2n) is 6.46. The van der Waals surface area contributed by atoms with Gasteiger partial charge in [0.2, 0.25) is 5.76 Å². The minimum Gasteiger partial charge on any atom is -0.436 e. The van der Waals surface area contributed by atoms with Crippen LogP contribution >= 0.6 is 0 Å².